The monoisotopic (exact) mass is 381 g/mol. The molecule has 1 aromatic carbocycles. The number of ether oxygens (including phenoxy) is 1. The van der Waals surface area contributed by atoms with Crippen LogP contribution in [0.15, 0.2) is 24.5 Å². The highest BCUT2D eigenvalue weighted by atomic mass is 35.5. The lowest BCUT2D eigenvalue weighted by Crippen LogP contribution is -2.18. The van der Waals surface area contributed by atoms with Gasteiger partial charge in [-0.25, -0.2) is 4.98 Å². The third kappa shape index (κ3) is 3.15. The summed E-state index contributed by atoms with van der Waals surface area (Å²) in [7, 11) is 0. The van der Waals surface area contributed by atoms with E-state index in [4.69, 9.17) is 27.9 Å². The van der Waals surface area contributed by atoms with Crippen LogP contribution in [0.25, 0.3) is 11.2 Å². The maximum absolute atomic E-state index is 14.0. The number of benzene rings is 1. The van der Waals surface area contributed by atoms with Crippen molar-refractivity contribution in [3.8, 4) is 0 Å². The fraction of sp³-hybridized carbons (Fsp3) is 0.312. The first kappa shape index (κ1) is 16.5. The van der Waals surface area contributed by atoms with E-state index in [2.05, 4.69) is 20.3 Å². The number of hydrogen-bond donors (Lipinski definition) is 1. The molecule has 1 fully saturated rings. The second kappa shape index (κ2) is 6.74. The van der Waals surface area contributed by atoms with E-state index in [1.165, 1.54) is 0 Å². The van der Waals surface area contributed by atoms with Crippen LogP contribution >= 0.6 is 23.2 Å². The fourth-order valence-electron chi connectivity index (χ4n) is 2.86. The van der Waals surface area contributed by atoms with Crippen LogP contribution in [0.2, 0.25) is 10.0 Å². The van der Waals surface area contributed by atoms with Crippen LogP contribution in [0.3, 0.4) is 0 Å². The number of fused-ring (bicyclic) bond motifs is 1. The van der Waals surface area contributed by atoms with Crippen molar-refractivity contribution in [2.45, 2.75) is 25.5 Å². The molecule has 0 bridgehead atoms. The quantitative estimate of drug-likeness (QED) is 0.665. The molecule has 9 heteroatoms. The Balaban J connectivity index is 1.77. The molecular formula is C16H14Cl2FN5O. The molecule has 0 saturated carbocycles. The number of anilines is 2. The molecule has 1 aliphatic heterocycles. The van der Waals surface area contributed by atoms with Crippen LogP contribution in [0.4, 0.5) is 15.9 Å². The molecule has 1 saturated heterocycles. The van der Waals surface area contributed by atoms with Gasteiger partial charge in [-0.15, -0.1) is 0 Å². The lowest BCUT2D eigenvalue weighted by atomic mass is 10.2. The molecule has 0 amide bonds. The summed E-state index contributed by atoms with van der Waals surface area (Å²) in [6.07, 6.45) is 3.44. The summed E-state index contributed by atoms with van der Waals surface area (Å²) < 4.78 is 21.5. The number of nitrogens with one attached hydrogen (secondary N) is 1. The minimum atomic E-state index is -0.856. The summed E-state index contributed by atoms with van der Waals surface area (Å²) in [6.45, 7) is 0.668. The van der Waals surface area contributed by atoms with Crippen LogP contribution in [0.5, 0.6) is 0 Å². The Morgan fingerprint density at radius 1 is 1.24 bits per heavy atom. The van der Waals surface area contributed by atoms with Gasteiger partial charge in [0.05, 0.1) is 22.1 Å². The summed E-state index contributed by atoms with van der Waals surface area (Å²) in [6, 6.07) is 5.13. The Bertz CT molecular complexity index is 926. The van der Waals surface area contributed by atoms with Crippen molar-refractivity contribution in [2.24, 2.45) is 0 Å². The summed E-state index contributed by atoms with van der Waals surface area (Å²) in [5.74, 6) is 0.223. The second-order valence-electron chi connectivity index (χ2n) is 5.71. The maximum Gasteiger partial charge on any atom is 0.312 e. The first-order valence-electron chi connectivity index (χ1n) is 7.86. The number of imidazole rings is 1. The van der Waals surface area contributed by atoms with Gasteiger partial charge in [0.25, 0.3) is 0 Å². The first-order valence-corrected chi connectivity index (χ1v) is 8.62. The van der Waals surface area contributed by atoms with E-state index in [9.17, 15) is 4.39 Å². The topological polar surface area (TPSA) is 64.9 Å². The summed E-state index contributed by atoms with van der Waals surface area (Å²) in [5, 5.41) is 3.70. The van der Waals surface area contributed by atoms with Gasteiger partial charge in [0.15, 0.2) is 17.0 Å². The zero-order chi connectivity index (χ0) is 17.4. The molecule has 25 heavy (non-hydrogen) atoms. The smallest absolute Gasteiger partial charge is 0.312 e. The van der Waals surface area contributed by atoms with Gasteiger partial charge in [0.2, 0.25) is 0 Å². The molecule has 1 unspecified atom stereocenters. The van der Waals surface area contributed by atoms with Gasteiger partial charge in [-0.3, -0.25) is 4.57 Å². The van der Waals surface area contributed by atoms with Gasteiger partial charge < -0.3 is 10.1 Å². The average Bonchev–Trinajstić information content (AvgIpc) is 3.03. The number of halogens is 3. The SMILES string of the molecule is Fc1nc(Nc2cccc(Cl)c2Cl)c2ncn(C3CCCCO3)c2n1. The molecule has 3 aromatic rings. The molecule has 0 aliphatic carbocycles. The van der Waals surface area contributed by atoms with Gasteiger partial charge in [0.1, 0.15) is 6.23 Å². The van der Waals surface area contributed by atoms with Gasteiger partial charge in [-0.05, 0) is 31.4 Å². The zero-order valence-electron chi connectivity index (χ0n) is 13.0. The Kier molecular flexibility index (Phi) is 4.45. The summed E-state index contributed by atoms with van der Waals surface area (Å²) in [4.78, 5) is 12.1. The van der Waals surface area contributed by atoms with E-state index < -0.39 is 6.08 Å². The molecule has 3 heterocycles. The van der Waals surface area contributed by atoms with Gasteiger partial charge in [0, 0.05) is 6.61 Å². The lowest BCUT2D eigenvalue weighted by molar-refractivity contribution is -0.0298. The summed E-state index contributed by atoms with van der Waals surface area (Å²) >= 11 is 12.2. The molecule has 6 nitrogen and oxygen atoms in total. The van der Waals surface area contributed by atoms with Crippen LogP contribution < -0.4 is 5.32 Å². The molecule has 1 aliphatic rings. The Hall–Kier alpha value is -1.96. The molecule has 2 aromatic heterocycles. The molecule has 130 valence electrons. The van der Waals surface area contributed by atoms with Crippen LogP contribution in [0.1, 0.15) is 25.5 Å². The van der Waals surface area contributed by atoms with E-state index in [1.807, 2.05) is 0 Å². The number of nitrogens with zero attached hydrogens (tertiary/aromatic N) is 4. The predicted molar refractivity (Wildman–Crippen MR) is 93.9 cm³/mol. The zero-order valence-corrected chi connectivity index (χ0v) is 14.6. The van der Waals surface area contributed by atoms with E-state index >= 15 is 0 Å². The van der Waals surface area contributed by atoms with Crippen molar-refractivity contribution in [1.29, 1.82) is 0 Å². The summed E-state index contributed by atoms with van der Waals surface area (Å²) in [5.41, 5.74) is 1.32. The van der Waals surface area contributed by atoms with Crippen molar-refractivity contribution >= 4 is 45.9 Å². The third-order valence-electron chi connectivity index (χ3n) is 4.06. The lowest BCUT2D eigenvalue weighted by Gasteiger charge is -2.23. The molecule has 4 rings (SSSR count). The number of hydrogen-bond acceptors (Lipinski definition) is 5. The standard InChI is InChI=1S/C16H14Cl2FN5O/c17-9-4-3-5-10(12(9)18)21-14-13-15(23-16(19)22-14)24(8-20-13)11-6-1-2-7-25-11/h3-5,8,11H,1-2,6-7H2,(H,21,22,23). The first-order chi connectivity index (χ1) is 12.1. The minimum Gasteiger partial charge on any atom is -0.358 e. The Labute approximate surface area is 153 Å². The van der Waals surface area contributed by atoms with Crippen molar-refractivity contribution < 1.29 is 9.13 Å². The van der Waals surface area contributed by atoms with Gasteiger partial charge >= 0.3 is 6.08 Å². The molecule has 0 radical (unpaired) electrons. The van der Waals surface area contributed by atoms with Crippen LogP contribution in [-0.4, -0.2) is 26.1 Å². The van der Waals surface area contributed by atoms with Crippen molar-refractivity contribution in [3.05, 3.63) is 40.6 Å². The van der Waals surface area contributed by atoms with E-state index in [0.29, 0.717) is 33.5 Å². The highest BCUT2D eigenvalue weighted by Crippen LogP contribution is 2.33. The van der Waals surface area contributed by atoms with Crippen LogP contribution in [-0.2, 0) is 4.74 Å². The maximum atomic E-state index is 14.0. The van der Waals surface area contributed by atoms with Gasteiger partial charge in [-0.1, -0.05) is 29.3 Å². The normalized spacial score (nSPS) is 17.8. The second-order valence-corrected chi connectivity index (χ2v) is 6.50. The highest BCUT2D eigenvalue weighted by Gasteiger charge is 2.21. The van der Waals surface area contributed by atoms with Crippen molar-refractivity contribution in [2.75, 3.05) is 11.9 Å². The molecule has 0 spiro atoms. The number of aromatic nitrogens is 4. The Morgan fingerprint density at radius 2 is 2.12 bits per heavy atom. The minimum absolute atomic E-state index is 0.198. The van der Waals surface area contributed by atoms with E-state index in [1.54, 1.807) is 29.1 Å². The molecule has 1 atom stereocenters. The average molecular weight is 382 g/mol. The number of rotatable bonds is 3. The Morgan fingerprint density at radius 3 is 2.92 bits per heavy atom. The van der Waals surface area contributed by atoms with E-state index in [0.717, 1.165) is 19.3 Å². The molecule has 1 N–H and O–H groups in total. The third-order valence-corrected chi connectivity index (χ3v) is 4.88. The largest absolute Gasteiger partial charge is 0.358 e. The fourth-order valence-corrected chi connectivity index (χ4v) is 3.21. The highest BCUT2D eigenvalue weighted by molar-refractivity contribution is 6.43. The van der Waals surface area contributed by atoms with Gasteiger partial charge in [-0.2, -0.15) is 14.4 Å². The van der Waals surface area contributed by atoms with E-state index in [-0.39, 0.29) is 12.0 Å². The predicted octanol–water partition coefficient (Wildman–Crippen LogP) is 4.71. The van der Waals surface area contributed by atoms with Crippen LogP contribution in [0, 0.1) is 6.08 Å². The van der Waals surface area contributed by atoms with Crippen molar-refractivity contribution in [3.63, 3.8) is 0 Å². The van der Waals surface area contributed by atoms with Crippen molar-refractivity contribution in [1.82, 2.24) is 19.5 Å². The molecular weight excluding hydrogens is 368 g/mol.